The van der Waals surface area contributed by atoms with Gasteiger partial charge >= 0.3 is 0 Å². The molecule has 1 aromatic carbocycles. The quantitative estimate of drug-likeness (QED) is 0.592. The molecule has 2 nitrogen and oxygen atoms in total. The molecule has 5 heteroatoms. The topological polar surface area (TPSA) is 21.3 Å². The summed E-state index contributed by atoms with van der Waals surface area (Å²) in [6.07, 6.45) is 0. The van der Waals surface area contributed by atoms with E-state index < -0.39 is 11.6 Å². The van der Waals surface area contributed by atoms with Crippen molar-refractivity contribution in [3.63, 3.8) is 0 Å². The van der Waals surface area contributed by atoms with Gasteiger partial charge in [0.25, 0.3) is 0 Å². The first-order valence-electron chi connectivity index (χ1n) is 5.02. The second-order valence-electron chi connectivity index (χ2n) is 3.26. The Bertz CT molecular complexity index is 303. The Morgan fingerprint density at radius 3 is 2.44 bits per heavy atom. The summed E-state index contributed by atoms with van der Waals surface area (Å²) in [5, 5.41) is 3.01. The summed E-state index contributed by atoms with van der Waals surface area (Å²) in [4.78, 5) is 0. The Morgan fingerprint density at radius 2 is 1.81 bits per heavy atom. The van der Waals surface area contributed by atoms with E-state index in [9.17, 15) is 8.78 Å². The molecule has 0 radical (unpaired) electrons. The molecule has 0 heterocycles. The number of alkyl halides is 1. The minimum absolute atomic E-state index is 0.416. The van der Waals surface area contributed by atoms with Crippen molar-refractivity contribution in [1.29, 1.82) is 0 Å². The second kappa shape index (κ2) is 7.54. The van der Waals surface area contributed by atoms with Gasteiger partial charge in [-0.05, 0) is 17.7 Å². The zero-order chi connectivity index (χ0) is 11.8. The van der Waals surface area contributed by atoms with Crippen molar-refractivity contribution < 1.29 is 13.5 Å². The molecule has 0 saturated carbocycles. The smallest absolute Gasteiger partial charge is 0.126 e. The summed E-state index contributed by atoms with van der Waals surface area (Å²) in [5.74, 6) is -0.653. The van der Waals surface area contributed by atoms with Crippen molar-refractivity contribution in [3.8, 4) is 0 Å². The number of hydrogen-bond donors (Lipinski definition) is 1. The first kappa shape index (κ1) is 13.4. The van der Waals surface area contributed by atoms with Crippen LogP contribution in [0.4, 0.5) is 8.78 Å². The Kier molecular flexibility index (Phi) is 6.30. The molecule has 0 saturated heterocycles. The van der Waals surface area contributed by atoms with Gasteiger partial charge < -0.3 is 10.1 Å². The lowest BCUT2D eigenvalue weighted by atomic mass is 10.2. The fourth-order valence-electron chi connectivity index (χ4n) is 1.25. The summed E-state index contributed by atoms with van der Waals surface area (Å²) in [6, 6.07) is 3.46. The van der Waals surface area contributed by atoms with Crippen LogP contribution in [-0.4, -0.2) is 25.6 Å². The summed E-state index contributed by atoms with van der Waals surface area (Å²) in [7, 11) is 0. The monoisotopic (exact) mass is 249 g/mol. The molecular formula is C11H14ClF2NO. The van der Waals surface area contributed by atoms with Crippen molar-refractivity contribution >= 4 is 11.6 Å². The van der Waals surface area contributed by atoms with E-state index in [0.29, 0.717) is 37.7 Å². The van der Waals surface area contributed by atoms with Crippen LogP contribution in [-0.2, 0) is 11.3 Å². The third kappa shape index (κ3) is 5.39. The van der Waals surface area contributed by atoms with E-state index in [-0.39, 0.29) is 0 Å². The van der Waals surface area contributed by atoms with E-state index in [1.54, 1.807) is 0 Å². The molecule has 0 aliphatic carbocycles. The summed E-state index contributed by atoms with van der Waals surface area (Å²) in [5.41, 5.74) is 0.579. The van der Waals surface area contributed by atoms with Crippen LogP contribution < -0.4 is 5.32 Å². The number of rotatable bonds is 7. The Hall–Kier alpha value is -0.710. The largest absolute Gasteiger partial charge is 0.379 e. The fourth-order valence-corrected chi connectivity index (χ4v) is 1.36. The number of benzene rings is 1. The lowest BCUT2D eigenvalue weighted by Crippen LogP contribution is -2.19. The van der Waals surface area contributed by atoms with Crippen LogP contribution in [0.15, 0.2) is 18.2 Å². The van der Waals surface area contributed by atoms with Crippen LogP contribution in [0.2, 0.25) is 0 Å². The van der Waals surface area contributed by atoms with Gasteiger partial charge in [0.1, 0.15) is 11.6 Å². The van der Waals surface area contributed by atoms with E-state index >= 15 is 0 Å². The Morgan fingerprint density at radius 1 is 1.12 bits per heavy atom. The molecule has 90 valence electrons. The van der Waals surface area contributed by atoms with Gasteiger partial charge in [-0.3, -0.25) is 0 Å². The normalized spacial score (nSPS) is 10.7. The van der Waals surface area contributed by atoms with Gasteiger partial charge in [0, 0.05) is 25.0 Å². The third-order valence-corrected chi connectivity index (χ3v) is 2.05. The van der Waals surface area contributed by atoms with Gasteiger partial charge in [-0.25, -0.2) is 8.78 Å². The molecule has 0 bridgehead atoms. The molecular weight excluding hydrogens is 236 g/mol. The highest BCUT2D eigenvalue weighted by Gasteiger charge is 1.99. The van der Waals surface area contributed by atoms with Gasteiger partial charge in [0.2, 0.25) is 0 Å². The molecule has 0 spiro atoms. The molecule has 0 aliphatic rings. The van der Waals surface area contributed by atoms with Crippen molar-refractivity contribution in [2.75, 3.05) is 25.6 Å². The molecule has 1 rings (SSSR count). The summed E-state index contributed by atoms with van der Waals surface area (Å²) < 4.78 is 30.7. The van der Waals surface area contributed by atoms with Crippen LogP contribution in [0.1, 0.15) is 5.56 Å². The minimum atomic E-state index is -0.560. The minimum Gasteiger partial charge on any atom is -0.379 e. The molecule has 0 atom stereocenters. The molecule has 1 N–H and O–H groups in total. The summed E-state index contributed by atoms with van der Waals surface area (Å²) in [6.45, 7) is 2.08. The second-order valence-corrected chi connectivity index (χ2v) is 3.63. The van der Waals surface area contributed by atoms with Crippen LogP contribution >= 0.6 is 11.6 Å². The van der Waals surface area contributed by atoms with Crippen molar-refractivity contribution in [2.24, 2.45) is 0 Å². The molecule has 16 heavy (non-hydrogen) atoms. The van der Waals surface area contributed by atoms with Gasteiger partial charge in [-0.15, -0.1) is 11.6 Å². The van der Waals surface area contributed by atoms with E-state index in [1.165, 1.54) is 12.1 Å². The Labute approximate surface area is 98.6 Å². The first-order chi connectivity index (χ1) is 7.72. The zero-order valence-electron chi connectivity index (χ0n) is 8.81. The number of hydrogen-bond acceptors (Lipinski definition) is 2. The van der Waals surface area contributed by atoms with Gasteiger partial charge in [-0.1, -0.05) is 0 Å². The van der Waals surface area contributed by atoms with Crippen LogP contribution in [0, 0.1) is 11.6 Å². The average Bonchev–Trinajstić information content (AvgIpc) is 2.22. The maximum Gasteiger partial charge on any atom is 0.126 e. The molecule has 0 aromatic heterocycles. The van der Waals surface area contributed by atoms with Gasteiger partial charge in [0.05, 0.1) is 13.2 Å². The number of halogens is 3. The lowest BCUT2D eigenvalue weighted by Gasteiger charge is -2.05. The highest BCUT2D eigenvalue weighted by atomic mass is 35.5. The maximum atomic E-state index is 12.8. The SMILES string of the molecule is Fc1cc(F)cc(CNCCOCCCl)c1. The Balaban J connectivity index is 2.21. The predicted octanol–water partition coefficient (Wildman–Crippen LogP) is 2.31. The van der Waals surface area contributed by atoms with Crippen LogP contribution in [0.5, 0.6) is 0 Å². The van der Waals surface area contributed by atoms with E-state index in [2.05, 4.69) is 5.32 Å². The van der Waals surface area contributed by atoms with Crippen molar-refractivity contribution in [3.05, 3.63) is 35.4 Å². The number of ether oxygens (including phenoxy) is 1. The highest BCUT2D eigenvalue weighted by Crippen LogP contribution is 2.07. The molecule has 0 aliphatic heterocycles. The molecule has 0 amide bonds. The van der Waals surface area contributed by atoms with E-state index in [0.717, 1.165) is 6.07 Å². The number of nitrogens with one attached hydrogen (secondary N) is 1. The average molecular weight is 250 g/mol. The van der Waals surface area contributed by atoms with Crippen molar-refractivity contribution in [2.45, 2.75) is 6.54 Å². The van der Waals surface area contributed by atoms with Crippen LogP contribution in [0.3, 0.4) is 0 Å². The third-order valence-electron chi connectivity index (χ3n) is 1.90. The summed E-state index contributed by atoms with van der Waals surface area (Å²) >= 11 is 5.42. The molecule has 1 aromatic rings. The first-order valence-corrected chi connectivity index (χ1v) is 5.55. The zero-order valence-corrected chi connectivity index (χ0v) is 9.57. The van der Waals surface area contributed by atoms with Gasteiger partial charge in [0.15, 0.2) is 0 Å². The predicted molar refractivity (Wildman–Crippen MR) is 59.6 cm³/mol. The highest BCUT2D eigenvalue weighted by molar-refractivity contribution is 6.17. The fraction of sp³-hybridized carbons (Fsp3) is 0.455. The van der Waals surface area contributed by atoms with Gasteiger partial charge in [-0.2, -0.15) is 0 Å². The van der Waals surface area contributed by atoms with Crippen LogP contribution in [0.25, 0.3) is 0 Å². The maximum absolute atomic E-state index is 12.8. The molecule has 0 fully saturated rings. The van der Waals surface area contributed by atoms with E-state index in [1.807, 2.05) is 0 Å². The van der Waals surface area contributed by atoms with E-state index in [4.69, 9.17) is 16.3 Å². The lowest BCUT2D eigenvalue weighted by molar-refractivity contribution is 0.151. The molecule has 0 unspecified atom stereocenters. The standard InChI is InChI=1S/C11H14ClF2NO/c12-1-3-16-4-2-15-8-9-5-10(13)7-11(14)6-9/h5-7,15H,1-4,8H2. The van der Waals surface area contributed by atoms with Crippen molar-refractivity contribution in [1.82, 2.24) is 5.32 Å².